The summed E-state index contributed by atoms with van der Waals surface area (Å²) in [5.74, 6) is -0.992. The van der Waals surface area contributed by atoms with E-state index in [1.54, 1.807) is 0 Å². The zero-order valence-corrected chi connectivity index (χ0v) is 11.8. The van der Waals surface area contributed by atoms with Crippen LogP contribution in [0.4, 0.5) is 4.39 Å². The Kier molecular flexibility index (Phi) is 4.01. The van der Waals surface area contributed by atoms with Crippen molar-refractivity contribution in [3.8, 4) is 11.6 Å². The minimum Gasteiger partial charge on any atom is -0.494 e. The normalized spacial score (nSPS) is 11.2. The lowest BCUT2D eigenvalue weighted by atomic mass is 10.3. The predicted molar refractivity (Wildman–Crippen MR) is 77.4 cm³/mol. The molecule has 0 aliphatic rings. The van der Waals surface area contributed by atoms with E-state index in [-0.39, 0.29) is 15.4 Å². The third-order valence-corrected chi connectivity index (χ3v) is 3.11. The molecule has 2 rings (SSSR count). The molecule has 0 aliphatic heterocycles. The van der Waals surface area contributed by atoms with Gasteiger partial charge < -0.3 is 5.11 Å². The van der Waals surface area contributed by atoms with Crippen molar-refractivity contribution in [2.24, 2.45) is 4.99 Å². The number of nitrogens with one attached hydrogen (secondary N) is 1. The van der Waals surface area contributed by atoms with E-state index in [2.05, 4.69) is 9.98 Å². The summed E-state index contributed by atoms with van der Waals surface area (Å²) in [6.07, 6.45) is 1.20. The van der Waals surface area contributed by atoms with Gasteiger partial charge in [-0.2, -0.15) is 0 Å². The Morgan fingerprint density at radius 1 is 1.55 bits per heavy atom. The molecule has 8 heteroatoms. The largest absolute Gasteiger partial charge is 0.494 e. The zero-order chi connectivity index (χ0) is 14.9. The second-order valence-corrected chi connectivity index (χ2v) is 4.61. The van der Waals surface area contributed by atoms with Crippen molar-refractivity contribution < 1.29 is 9.50 Å². The Morgan fingerprint density at radius 2 is 2.25 bits per heavy atom. The standard InChI is InChI=1S/C12H9ClFN3O2S/c1-15-5-7-10(18)16-12(20)17(11(7)19)6-2-3-9(14)8(13)4-6/h2-5,19H,1H3,(H,16,18,20). The van der Waals surface area contributed by atoms with Gasteiger partial charge >= 0.3 is 0 Å². The van der Waals surface area contributed by atoms with Crippen molar-refractivity contribution in [3.05, 3.63) is 49.7 Å². The van der Waals surface area contributed by atoms with Crippen molar-refractivity contribution >= 4 is 30.0 Å². The number of aromatic amines is 1. The third-order valence-electron chi connectivity index (χ3n) is 2.54. The molecule has 0 atom stereocenters. The Hall–Kier alpha value is -1.99. The average molecular weight is 314 g/mol. The Labute approximate surface area is 123 Å². The molecule has 0 amide bonds. The van der Waals surface area contributed by atoms with Crippen molar-refractivity contribution in [2.75, 3.05) is 7.05 Å². The molecule has 0 aliphatic carbocycles. The Bertz CT molecular complexity index is 813. The third kappa shape index (κ3) is 2.50. The number of hydrogen-bond donors (Lipinski definition) is 2. The molecule has 0 saturated carbocycles. The second kappa shape index (κ2) is 5.56. The van der Waals surface area contributed by atoms with E-state index in [1.165, 1.54) is 30.0 Å². The predicted octanol–water partition coefficient (Wildman–Crippen LogP) is 2.44. The van der Waals surface area contributed by atoms with Gasteiger partial charge in [-0.25, -0.2) is 4.39 Å². The first-order valence-electron chi connectivity index (χ1n) is 5.41. The molecule has 1 aromatic heterocycles. The van der Waals surface area contributed by atoms with Crippen molar-refractivity contribution in [1.82, 2.24) is 9.55 Å². The van der Waals surface area contributed by atoms with Crippen LogP contribution in [0.5, 0.6) is 5.88 Å². The lowest BCUT2D eigenvalue weighted by molar-refractivity contribution is 0.432. The molecule has 0 bridgehead atoms. The molecule has 0 saturated heterocycles. The summed E-state index contributed by atoms with van der Waals surface area (Å²) in [4.78, 5) is 17.8. The van der Waals surface area contributed by atoms with E-state index in [0.717, 1.165) is 6.07 Å². The van der Waals surface area contributed by atoms with Crippen LogP contribution in [-0.4, -0.2) is 27.9 Å². The number of benzene rings is 1. The van der Waals surface area contributed by atoms with Crippen molar-refractivity contribution in [3.63, 3.8) is 0 Å². The first-order chi connectivity index (χ1) is 9.45. The number of H-pyrrole nitrogens is 1. The van der Waals surface area contributed by atoms with Crippen LogP contribution in [0.25, 0.3) is 5.69 Å². The molecule has 0 radical (unpaired) electrons. The van der Waals surface area contributed by atoms with Crippen LogP contribution in [0.1, 0.15) is 5.56 Å². The van der Waals surface area contributed by atoms with Gasteiger partial charge in [0.15, 0.2) is 4.77 Å². The quantitative estimate of drug-likeness (QED) is 0.661. The van der Waals surface area contributed by atoms with Crippen molar-refractivity contribution in [1.29, 1.82) is 0 Å². The van der Waals surface area contributed by atoms with Gasteiger partial charge in [-0.05, 0) is 30.4 Å². The maximum Gasteiger partial charge on any atom is 0.264 e. The first kappa shape index (κ1) is 14.4. The van der Waals surface area contributed by atoms with Gasteiger partial charge in [0.1, 0.15) is 11.4 Å². The fourth-order valence-electron chi connectivity index (χ4n) is 1.65. The van der Waals surface area contributed by atoms with Crippen LogP contribution >= 0.6 is 23.8 Å². The highest BCUT2D eigenvalue weighted by Gasteiger charge is 2.13. The number of halogens is 2. The number of aromatic hydroxyl groups is 1. The zero-order valence-electron chi connectivity index (χ0n) is 10.2. The molecule has 0 spiro atoms. The second-order valence-electron chi connectivity index (χ2n) is 3.82. The highest BCUT2D eigenvalue weighted by atomic mass is 35.5. The van der Waals surface area contributed by atoms with Crippen LogP contribution in [0.15, 0.2) is 28.0 Å². The minimum absolute atomic E-state index is 0.0385. The number of nitrogens with zero attached hydrogens (tertiary/aromatic N) is 2. The number of aliphatic imine (C=N–C) groups is 1. The summed E-state index contributed by atoms with van der Waals surface area (Å²) in [6.45, 7) is 0. The van der Waals surface area contributed by atoms with Crippen LogP contribution in [0.2, 0.25) is 5.02 Å². The van der Waals surface area contributed by atoms with Gasteiger partial charge in [-0.3, -0.25) is 19.3 Å². The number of hydrogen-bond acceptors (Lipinski definition) is 4. The van der Waals surface area contributed by atoms with E-state index >= 15 is 0 Å². The van der Waals surface area contributed by atoms with Gasteiger partial charge in [-0.1, -0.05) is 11.6 Å². The monoisotopic (exact) mass is 313 g/mol. The average Bonchev–Trinajstić information content (AvgIpc) is 2.38. The van der Waals surface area contributed by atoms with E-state index in [0.29, 0.717) is 5.69 Å². The summed E-state index contributed by atoms with van der Waals surface area (Å²) in [6, 6.07) is 3.80. The maximum absolute atomic E-state index is 13.2. The van der Waals surface area contributed by atoms with E-state index < -0.39 is 17.3 Å². The fourth-order valence-corrected chi connectivity index (χ4v) is 2.11. The first-order valence-corrected chi connectivity index (χ1v) is 6.20. The Morgan fingerprint density at radius 3 is 2.85 bits per heavy atom. The van der Waals surface area contributed by atoms with Gasteiger partial charge in [0.05, 0.1) is 10.7 Å². The highest BCUT2D eigenvalue weighted by Crippen LogP contribution is 2.23. The molecule has 2 aromatic rings. The van der Waals surface area contributed by atoms with Crippen LogP contribution in [-0.2, 0) is 0 Å². The van der Waals surface area contributed by atoms with Crippen LogP contribution in [0, 0.1) is 10.6 Å². The summed E-state index contributed by atoms with van der Waals surface area (Å²) in [5.41, 5.74) is -0.301. The van der Waals surface area contributed by atoms with Crippen molar-refractivity contribution in [2.45, 2.75) is 0 Å². The van der Waals surface area contributed by atoms with Gasteiger partial charge in [0, 0.05) is 13.3 Å². The number of rotatable bonds is 2. The molecule has 0 unspecified atom stereocenters. The summed E-state index contributed by atoms with van der Waals surface area (Å²) in [5, 5.41) is 10.0. The molecule has 1 aromatic carbocycles. The maximum atomic E-state index is 13.2. The van der Waals surface area contributed by atoms with E-state index in [4.69, 9.17) is 23.8 Å². The minimum atomic E-state index is -0.596. The lowest BCUT2D eigenvalue weighted by Crippen LogP contribution is -2.18. The van der Waals surface area contributed by atoms with E-state index in [1.807, 2.05) is 0 Å². The smallest absolute Gasteiger partial charge is 0.264 e. The SMILES string of the molecule is CN=Cc1c(O)n(-c2ccc(F)c(Cl)c2)c(=S)[nH]c1=O. The van der Waals surface area contributed by atoms with Gasteiger partial charge in [0.25, 0.3) is 5.56 Å². The summed E-state index contributed by atoms with van der Waals surface area (Å²) >= 11 is 10.7. The van der Waals surface area contributed by atoms with Gasteiger partial charge in [0.2, 0.25) is 5.88 Å². The molecular formula is C12H9ClFN3O2S. The summed E-state index contributed by atoms with van der Waals surface area (Å²) < 4.78 is 14.3. The molecule has 0 fully saturated rings. The lowest BCUT2D eigenvalue weighted by Gasteiger charge is -2.11. The highest BCUT2D eigenvalue weighted by molar-refractivity contribution is 7.71. The number of aromatic nitrogens is 2. The Balaban J connectivity index is 2.80. The van der Waals surface area contributed by atoms with E-state index in [9.17, 15) is 14.3 Å². The summed E-state index contributed by atoms with van der Waals surface area (Å²) in [7, 11) is 1.46. The molecular weight excluding hydrogens is 305 g/mol. The molecule has 104 valence electrons. The topological polar surface area (TPSA) is 70.4 Å². The van der Waals surface area contributed by atoms with Gasteiger partial charge in [-0.15, -0.1) is 0 Å². The molecule has 20 heavy (non-hydrogen) atoms. The van der Waals surface area contributed by atoms with Crippen LogP contribution < -0.4 is 5.56 Å². The van der Waals surface area contributed by atoms with Crippen LogP contribution in [0.3, 0.4) is 0 Å². The fraction of sp³-hybridized carbons (Fsp3) is 0.0833. The molecule has 1 heterocycles. The molecule has 2 N–H and O–H groups in total. The molecule has 5 nitrogen and oxygen atoms in total.